The summed E-state index contributed by atoms with van der Waals surface area (Å²) >= 11 is 0. The molecule has 0 aliphatic rings. The van der Waals surface area contributed by atoms with Crippen LogP contribution in [0.5, 0.6) is 0 Å². The van der Waals surface area contributed by atoms with Crippen molar-refractivity contribution in [3.8, 4) is 0 Å². The number of carboxylic acids is 1. The van der Waals surface area contributed by atoms with E-state index in [4.69, 9.17) is 5.11 Å². The number of aliphatic hydroxyl groups is 1. The fourth-order valence-corrected chi connectivity index (χ4v) is 2.13. The number of hydrogen-bond donors (Lipinski definition) is 3. The van der Waals surface area contributed by atoms with Gasteiger partial charge in [0.25, 0.3) is 5.91 Å². The second-order valence-electron chi connectivity index (χ2n) is 4.72. The number of aromatic nitrogens is 2. The minimum Gasteiger partial charge on any atom is -0.480 e. The van der Waals surface area contributed by atoms with E-state index in [1.807, 2.05) is 6.92 Å². The van der Waals surface area contributed by atoms with Crippen molar-refractivity contribution in [1.29, 1.82) is 0 Å². The summed E-state index contributed by atoms with van der Waals surface area (Å²) in [5.41, 5.74) is 1.48. The van der Waals surface area contributed by atoms with Gasteiger partial charge in [0.05, 0.1) is 11.8 Å². The maximum absolute atomic E-state index is 12.4. The molecule has 2 aromatic heterocycles. The number of carbonyl (C=O) groups is 2. The third-order valence-corrected chi connectivity index (χ3v) is 3.19. The van der Waals surface area contributed by atoms with Crippen molar-refractivity contribution in [1.82, 2.24) is 14.7 Å². The Morgan fingerprint density at radius 1 is 1.43 bits per heavy atom. The van der Waals surface area contributed by atoms with Crippen LogP contribution in [-0.2, 0) is 11.2 Å². The Labute approximate surface area is 121 Å². The Balaban J connectivity index is 2.41. The number of hydrogen-bond acceptors (Lipinski definition) is 4. The molecule has 3 N–H and O–H groups in total. The number of nitrogens with one attached hydrogen (secondary N) is 1. The summed E-state index contributed by atoms with van der Waals surface area (Å²) < 4.78 is 1.61. The Kier molecular flexibility index (Phi) is 4.23. The minimum atomic E-state index is -1.36. The number of nitrogens with zero attached hydrogens (tertiary/aromatic N) is 2. The topological polar surface area (TPSA) is 104 Å². The lowest BCUT2D eigenvalue weighted by molar-refractivity contribution is -0.141. The first-order chi connectivity index (χ1) is 9.95. The summed E-state index contributed by atoms with van der Waals surface area (Å²) in [6, 6.07) is 3.96. The van der Waals surface area contributed by atoms with Gasteiger partial charge in [0.2, 0.25) is 0 Å². The molecule has 0 saturated carbocycles. The van der Waals surface area contributed by atoms with Crippen LogP contribution in [0, 0.1) is 0 Å². The van der Waals surface area contributed by atoms with Crippen LogP contribution in [0.25, 0.3) is 5.65 Å². The monoisotopic (exact) mass is 291 g/mol. The van der Waals surface area contributed by atoms with Gasteiger partial charge in [-0.15, -0.1) is 0 Å². The predicted octanol–water partition coefficient (Wildman–Crippen LogP) is 0.461. The zero-order valence-corrected chi connectivity index (χ0v) is 11.8. The Hall–Kier alpha value is -2.41. The zero-order chi connectivity index (χ0) is 15.6. The fraction of sp³-hybridized carbons (Fsp3) is 0.357. The second-order valence-corrected chi connectivity index (χ2v) is 4.72. The molecule has 0 aromatic carbocycles. The van der Waals surface area contributed by atoms with Crippen LogP contribution >= 0.6 is 0 Å². The third-order valence-electron chi connectivity index (χ3n) is 3.19. The molecule has 0 spiro atoms. The molecular weight excluding hydrogens is 274 g/mol. The van der Waals surface area contributed by atoms with E-state index in [1.165, 1.54) is 6.92 Å². The zero-order valence-electron chi connectivity index (χ0n) is 11.8. The van der Waals surface area contributed by atoms with Gasteiger partial charge in [0, 0.05) is 6.20 Å². The van der Waals surface area contributed by atoms with E-state index in [0.29, 0.717) is 23.5 Å². The second kappa shape index (κ2) is 5.92. The van der Waals surface area contributed by atoms with Crippen molar-refractivity contribution < 1.29 is 19.8 Å². The molecule has 1 amide bonds. The van der Waals surface area contributed by atoms with E-state index < -0.39 is 24.0 Å². The molecule has 0 bridgehead atoms. The van der Waals surface area contributed by atoms with E-state index in [9.17, 15) is 14.7 Å². The molecule has 7 heteroatoms. The van der Waals surface area contributed by atoms with Crippen LogP contribution in [0.2, 0.25) is 0 Å². The average molecular weight is 291 g/mol. The number of fused-ring (bicyclic) bond motifs is 1. The quantitative estimate of drug-likeness (QED) is 0.742. The highest BCUT2D eigenvalue weighted by molar-refractivity contribution is 5.97. The average Bonchev–Trinajstić information content (AvgIpc) is 2.82. The molecule has 0 aliphatic carbocycles. The molecule has 2 aromatic rings. The van der Waals surface area contributed by atoms with Gasteiger partial charge in [-0.2, -0.15) is 0 Å². The molecule has 7 nitrogen and oxygen atoms in total. The molecule has 0 aliphatic heterocycles. The molecular formula is C14H17N3O4. The number of aryl methyl sites for hydroxylation is 1. The lowest BCUT2D eigenvalue weighted by Crippen LogP contribution is -2.48. The molecule has 0 saturated heterocycles. The van der Waals surface area contributed by atoms with Gasteiger partial charge in [0.15, 0.2) is 6.04 Å². The van der Waals surface area contributed by atoms with Crippen LogP contribution in [0.1, 0.15) is 30.0 Å². The molecule has 2 rings (SSSR count). The van der Waals surface area contributed by atoms with Gasteiger partial charge < -0.3 is 15.5 Å². The normalized spacial score (nSPS) is 13.9. The summed E-state index contributed by atoms with van der Waals surface area (Å²) in [4.78, 5) is 27.8. The molecule has 21 heavy (non-hydrogen) atoms. The Bertz CT molecular complexity index is 678. The standard InChI is InChI=1S/C14H17N3O4/c1-3-9-12(17-7-5-4-6-10(17)15-9)13(19)16-11(8(2)18)14(20)21/h4-8,11,18H,3H2,1-2H3,(H,16,19)(H,20,21). The van der Waals surface area contributed by atoms with Crippen LogP contribution < -0.4 is 5.32 Å². The maximum Gasteiger partial charge on any atom is 0.328 e. The van der Waals surface area contributed by atoms with Crippen LogP contribution in [0.3, 0.4) is 0 Å². The number of pyridine rings is 1. The van der Waals surface area contributed by atoms with Gasteiger partial charge in [-0.1, -0.05) is 13.0 Å². The number of aliphatic carboxylic acids is 1. The summed E-state index contributed by atoms with van der Waals surface area (Å²) in [5, 5.41) is 20.8. The van der Waals surface area contributed by atoms with Crippen LogP contribution in [-0.4, -0.2) is 43.6 Å². The molecule has 0 radical (unpaired) electrons. The number of carbonyl (C=O) groups excluding carboxylic acids is 1. The van der Waals surface area contributed by atoms with Gasteiger partial charge >= 0.3 is 5.97 Å². The highest BCUT2D eigenvalue weighted by Gasteiger charge is 2.28. The van der Waals surface area contributed by atoms with Crippen molar-refractivity contribution in [3.05, 3.63) is 35.8 Å². The molecule has 2 unspecified atom stereocenters. The van der Waals surface area contributed by atoms with Crippen molar-refractivity contribution in [3.63, 3.8) is 0 Å². The maximum atomic E-state index is 12.4. The smallest absolute Gasteiger partial charge is 0.328 e. The SMILES string of the molecule is CCc1nc2ccccn2c1C(=O)NC(C(=O)O)C(C)O. The van der Waals surface area contributed by atoms with Crippen molar-refractivity contribution in [2.75, 3.05) is 0 Å². The number of imidazole rings is 1. The van der Waals surface area contributed by atoms with Crippen molar-refractivity contribution >= 4 is 17.5 Å². The van der Waals surface area contributed by atoms with E-state index in [-0.39, 0.29) is 0 Å². The van der Waals surface area contributed by atoms with Gasteiger partial charge in [-0.05, 0) is 25.5 Å². The van der Waals surface area contributed by atoms with Crippen molar-refractivity contribution in [2.45, 2.75) is 32.4 Å². The van der Waals surface area contributed by atoms with Crippen LogP contribution in [0.4, 0.5) is 0 Å². The molecule has 112 valence electrons. The van der Waals surface area contributed by atoms with Gasteiger partial charge in [-0.25, -0.2) is 9.78 Å². The largest absolute Gasteiger partial charge is 0.480 e. The number of amides is 1. The Morgan fingerprint density at radius 2 is 2.14 bits per heavy atom. The highest BCUT2D eigenvalue weighted by atomic mass is 16.4. The van der Waals surface area contributed by atoms with E-state index in [0.717, 1.165) is 0 Å². The fourth-order valence-electron chi connectivity index (χ4n) is 2.13. The first kappa shape index (κ1) is 15.0. The molecule has 0 fully saturated rings. The first-order valence-electron chi connectivity index (χ1n) is 6.63. The number of aliphatic hydroxyl groups excluding tert-OH is 1. The third kappa shape index (κ3) is 2.87. The van der Waals surface area contributed by atoms with E-state index >= 15 is 0 Å². The first-order valence-corrected chi connectivity index (χ1v) is 6.63. The minimum absolute atomic E-state index is 0.292. The summed E-state index contributed by atoms with van der Waals surface area (Å²) in [5.74, 6) is -1.86. The van der Waals surface area contributed by atoms with Crippen LogP contribution in [0.15, 0.2) is 24.4 Å². The Morgan fingerprint density at radius 3 is 2.71 bits per heavy atom. The number of carboxylic acid groups (broad SMARTS) is 1. The predicted molar refractivity (Wildman–Crippen MR) is 75.1 cm³/mol. The van der Waals surface area contributed by atoms with Gasteiger partial charge in [0.1, 0.15) is 11.3 Å². The number of rotatable bonds is 5. The van der Waals surface area contributed by atoms with Gasteiger partial charge in [-0.3, -0.25) is 9.20 Å². The summed E-state index contributed by atoms with van der Waals surface area (Å²) in [7, 11) is 0. The summed E-state index contributed by atoms with van der Waals surface area (Å²) in [6.07, 6.45) is 1.03. The van der Waals surface area contributed by atoms with E-state index in [1.54, 1.807) is 28.8 Å². The highest BCUT2D eigenvalue weighted by Crippen LogP contribution is 2.13. The lowest BCUT2D eigenvalue weighted by atomic mass is 10.1. The van der Waals surface area contributed by atoms with E-state index in [2.05, 4.69) is 10.3 Å². The lowest BCUT2D eigenvalue weighted by Gasteiger charge is -2.17. The molecule has 2 heterocycles. The summed E-state index contributed by atoms with van der Waals surface area (Å²) in [6.45, 7) is 3.18. The van der Waals surface area contributed by atoms with Crippen molar-refractivity contribution in [2.24, 2.45) is 0 Å². The molecule has 2 atom stereocenters.